The van der Waals surface area contributed by atoms with Crippen LogP contribution in [0.2, 0.25) is 0 Å². The van der Waals surface area contributed by atoms with Crippen LogP contribution in [0.3, 0.4) is 0 Å². The molecule has 0 radical (unpaired) electrons. The molecule has 0 amide bonds. The van der Waals surface area contributed by atoms with E-state index >= 15 is 0 Å². The quantitative estimate of drug-likeness (QED) is 0.136. The summed E-state index contributed by atoms with van der Waals surface area (Å²) in [7, 11) is 0. The normalized spacial score (nSPS) is 13.0. The maximum absolute atomic E-state index is 6.25. The Hall–Kier alpha value is -4.60. The van der Waals surface area contributed by atoms with Crippen molar-refractivity contribution in [2.45, 2.75) is 0 Å². The summed E-state index contributed by atoms with van der Waals surface area (Å²) in [5, 5.41) is 5.13. The third-order valence-corrected chi connectivity index (χ3v) is 7.02. The summed E-state index contributed by atoms with van der Waals surface area (Å²) < 4.78 is 12.3. The number of pyridine rings is 1. The maximum atomic E-state index is 6.25. The second-order valence-corrected chi connectivity index (χ2v) is 9.41. The summed E-state index contributed by atoms with van der Waals surface area (Å²) in [6.45, 7) is 2.02. The maximum Gasteiger partial charge on any atom is 0.152 e. The van der Waals surface area contributed by atoms with E-state index in [0.717, 1.165) is 55.0 Å². The number of nitrogens with zero attached hydrogens (tertiary/aromatic N) is 3. The molecule has 6 heteroatoms. The third kappa shape index (κ3) is 4.11. The van der Waals surface area contributed by atoms with Crippen molar-refractivity contribution in [1.29, 1.82) is 0 Å². The molecule has 196 valence electrons. The Labute approximate surface area is 245 Å². The molecule has 1 aliphatic heterocycles. The number of aromatic nitrogens is 1. The fourth-order valence-corrected chi connectivity index (χ4v) is 5.17. The minimum Gasteiger partial charge on any atom is -0.503 e. The monoisotopic (exact) mass is 697 g/mol. The minimum atomic E-state index is 0. The molecule has 0 fully saturated rings. The van der Waals surface area contributed by atoms with Gasteiger partial charge in [-0.2, -0.15) is 6.07 Å². The largest absolute Gasteiger partial charge is 0.503 e. The number of anilines is 2. The van der Waals surface area contributed by atoms with Gasteiger partial charge in [-0.3, -0.25) is 0 Å². The van der Waals surface area contributed by atoms with Crippen molar-refractivity contribution < 1.29 is 30.2 Å². The Bertz CT molecular complexity index is 2050. The Morgan fingerprint density at radius 3 is 2.42 bits per heavy atom. The van der Waals surface area contributed by atoms with Gasteiger partial charge in [0.2, 0.25) is 0 Å². The minimum absolute atomic E-state index is 0. The van der Waals surface area contributed by atoms with Gasteiger partial charge in [-0.15, -0.1) is 53.5 Å². The van der Waals surface area contributed by atoms with Crippen LogP contribution in [-0.2, 0) is 21.1 Å². The molecule has 0 aliphatic carbocycles. The molecule has 0 atom stereocenters. The first-order valence-corrected chi connectivity index (χ1v) is 12.7. The van der Waals surface area contributed by atoms with E-state index in [1.165, 1.54) is 0 Å². The van der Waals surface area contributed by atoms with Gasteiger partial charge < -0.3 is 23.9 Å². The van der Waals surface area contributed by atoms with Crippen LogP contribution in [0.4, 0.5) is 11.4 Å². The average Bonchev–Trinajstić information content (AvgIpc) is 3.63. The number of para-hydroxylation sites is 2. The molecule has 40 heavy (non-hydrogen) atoms. The van der Waals surface area contributed by atoms with Gasteiger partial charge in [0.25, 0.3) is 0 Å². The zero-order valence-electron chi connectivity index (χ0n) is 21.0. The standard InChI is InChI=1S/C34H20N3O2.Pt/c1-2-7-24(8-3-1)36-17-18-37(22-36)25-9-6-10-26(19-25)38-27-15-13-23-14-16-29-33-28-11-4-5-12-31(28)39-32(33)21-35-34(29)30(23)20-27;/h1-18,21-22H;/q-3;. The summed E-state index contributed by atoms with van der Waals surface area (Å²) in [6.07, 6.45) is 5.82. The molecule has 0 spiro atoms. The van der Waals surface area contributed by atoms with Crippen LogP contribution >= 0.6 is 0 Å². The summed E-state index contributed by atoms with van der Waals surface area (Å²) >= 11 is 0. The van der Waals surface area contributed by atoms with E-state index in [1.54, 1.807) is 6.20 Å². The second kappa shape index (κ2) is 9.85. The van der Waals surface area contributed by atoms with Crippen LogP contribution in [0.5, 0.6) is 11.5 Å². The molecular weight excluding hydrogens is 677 g/mol. The molecule has 0 N–H and O–H groups in total. The number of rotatable bonds is 4. The molecule has 8 rings (SSSR count). The predicted octanol–water partition coefficient (Wildman–Crippen LogP) is 8.59. The van der Waals surface area contributed by atoms with Gasteiger partial charge in [0.15, 0.2) is 5.58 Å². The molecule has 5 nitrogen and oxygen atoms in total. The van der Waals surface area contributed by atoms with Gasteiger partial charge >= 0.3 is 0 Å². The van der Waals surface area contributed by atoms with Crippen molar-refractivity contribution in [2.24, 2.45) is 0 Å². The third-order valence-electron chi connectivity index (χ3n) is 7.02. The van der Waals surface area contributed by atoms with E-state index in [4.69, 9.17) is 14.1 Å². The van der Waals surface area contributed by atoms with Crippen LogP contribution in [0.15, 0.2) is 120 Å². The fourth-order valence-electron chi connectivity index (χ4n) is 5.17. The summed E-state index contributed by atoms with van der Waals surface area (Å²) in [5.74, 6) is 1.22. The first-order chi connectivity index (χ1) is 19.3. The first kappa shape index (κ1) is 24.4. The number of furan rings is 1. The van der Waals surface area contributed by atoms with E-state index in [-0.39, 0.29) is 21.1 Å². The first-order valence-electron chi connectivity index (χ1n) is 12.7. The zero-order chi connectivity index (χ0) is 25.8. The number of hydrogen-bond donors (Lipinski definition) is 0. The van der Waals surface area contributed by atoms with Crippen LogP contribution < -0.4 is 14.5 Å². The van der Waals surface area contributed by atoms with E-state index < -0.39 is 0 Å². The predicted molar refractivity (Wildman–Crippen MR) is 156 cm³/mol. The summed E-state index contributed by atoms with van der Waals surface area (Å²) in [4.78, 5) is 8.85. The Morgan fingerprint density at radius 2 is 1.50 bits per heavy atom. The molecular formula is C34H20N3O2Pt-3. The van der Waals surface area contributed by atoms with Gasteiger partial charge in [0.1, 0.15) is 5.58 Å². The van der Waals surface area contributed by atoms with Gasteiger partial charge in [-0.05, 0) is 41.5 Å². The van der Waals surface area contributed by atoms with Gasteiger partial charge in [0, 0.05) is 49.0 Å². The van der Waals surface area contributed by atoms with Crippen molar-refractivity contribution in [2.75, 3.05) is 9.80 Å². The molecule has 3 heterocycles. The Balaban J connectivity index is 0.00000264. The van der Waals surface area contributed by atoms with Crippen molar-refractivity contribution in [3.8, 4) is 11.5 Å². The molecule has 0 unspecified atom stereocenters. The van der Waals surface area contributed by atoms with E-state index in [2.05, 4.69) is 47.4 Å². The van der Waals surface area contributed by atoms with E-state index in [0.29, 0.717) is 11.5 Å². The van der Waals surface area contributed by atoms with Crippen LogP contribution in [0.1, 0.15) is 0 Å². The van der Waals surface area contributed by atoms with Crippen molar-refractivity contribution >= 4 is 55.0 Å². The van der Waals surface area contributed by atoms with Crippen molar-refractivity contribution in [1.82, 2.24) is 4.98 Å². The van der Waals surface area contributed by atoms with Crippen LogP contribution in [-0.4, -0.2) is 4.98 Å². The molecule has 0 saturated carbocycles. The average molecular weight is 698 g/mol. The number of benzene rings is 5. The molecule has 2 aromatic heterocycles. The smallest absolute Gasteiger partial charge is 0.152 e. The van der Waals surface area contributed by atoms with Gasteiger partial charge in [-0.25, -0.2) is 0 Å². The number of hydrogen-bond acceptors (Lipinski definition) is 5. The van der Waals surface area contributed by atoms with Crippen molar-refractivity contribution in [3.63, 3.8) is 0 Å². The second-order valence-electron chi connectivity index (χ2n) is 9.41. The van der Waals surface area contributed by atoms with E-state index in [9.17, 15) is 0 Å². The molecule has 7 aromatic rings. The Morgan fingerprint density at radius 1 is 0.700 bits per heavy atom. The Kier molecular flexibility index (Phi) is 6.02. The van der Waals surface area contributed by atoms with Crippen molar-refractivity contribution in [3.05, 3.63) is 134 Å². The fraction of sp³-hybridized carbons (Fsp3) is 0. The summed E-state index contributed by atoms with van der Waals surface area (Å²) in [5.41, 5.74) is 4.48. The number of ether oxygens (including phenoxy) is 1. The molecule has 5 aromatic carbocycles. The van der Waals surface area contributed by atoms with Gasteiger partial charge in [-0.1, -0.05) is 54.6 Å². The molecule has 0 saturated heterocycles. The molecule has 0 bridgehead atoms. The van der Waals surface area contributed by atoms with E-state index in [1.807, 2.05) is 90.7 Å². The summed E-state index contributed by atoms with van der Waals surface area (Å²) in [6, 6.07) is 39.2. The molecule has 1 aliphatic rings. The number of fused-ring (bicyclic) bond motifs is 7. The van der Waals surface area contributed by atoms with Gasteiger partial charge in [0.05, 0.1) is 6.20 Å². The SMILES string of the molecule is [Pt].[c-]1c(Oc2[c-]c3c(cc2)ccc2c3ncc3oc4ccccc4c32)cccc1N1C=CN(c2ccccc2)[CH-]1. The van der Waals surface area contributed by atoms with Crippen LogP contribution in [0.25, 0.3) is 43.6 Å². The zero-order valence-corrected chi connectivity index (χ0v) is 23.3. The topological polar surface area (TPSA) is 41.7 Å². The van der Waals surface area contributed by atoms with Crippen LogP contribution in [0, 0.1) is 18.8 Å².